The van der Waals surface area contributed by atoms with Gasteiger partial charge < -0.3 is 10.6 Å². The first-order valence-electron chi connectivity index (χ1n) is 6.57. The van der Waals surface area contributed by atoms with E-state index in [4.69, 9.17) is 5.73 Å². The highest BCUT2D eigenvalue weighted by Crippen LogP contribution is 2.34. The number of nitrogens with two attached hydrogens (primary N) is 1. The summed E-state index contributed by atoms with van der Waals surface area (Å²) in [6.07, 6.45) is 0.718. The van der Waals surface area contributed by atoms with Crippen LogP contribution in [0.15, 0.2) is 48.5 Å². The van der Waals surface area contributed by atoms with Crippen molar-refractivity contribution < 1.29 is 9.18 Å². The number of halogens is 1. The maximum Gasteiger partial charge on any atom is 0.248 e. The Morgan fingerprint density at radius 2 is 1.90 bits per heavy atom. The molecule has 1 aliphatic rings. The lowest BCUT2D eigenvalue weighted by atomic mass is 10.1. The molecule has 1 aliphatic heterocycles. The van der Waals surface area contributed by atoms with Crippen LogP contribution in [-0.4, -0.2) is 12.5 Å². The minimum atomic E-state index is -0.679. The van der Waals surface area contributed by atoms with E-state index in [1.54, 1.807) is 11.0 Å². The van der Waals surface area contributed by atoms with Crippen molar-refractivity contribution in [2.75, 3.05) is 11.4 Å². The molecule has 2 N–H and O–H groups in total. The van der Waals surface area contributed by atoms with Gasteiger partial charge in [0.15, 0.2) is 0 Å². The van der Waals surface area contributed by atoms with E-state index in [0.29, 0.717) is 17.8 Å². The Balaban J connectivity index is 1.84. The van der Waals surface area contributed by atoms with Crippen molar-refractivity contribution in [1.82, 2.24) is 0 Å². The van der Waals surface area contributed by atoms with Crippen molar-refractivity contribution in [3.05, 3.63) is 65.5 Å². The van der Waals surface area contributed by atoms with Gasteiger partial charge in [0.25, 0.3) is 0 Å². The Morgan fingerprint density at radius 1 is 1.15 bits per heavy atom. The predicted octanol–water partition coefficient (Wildman–Crippen LogP) is 2.41. The first-order chi connectivity index (χ1) is 9.66. The van der Waals surface area contributed by atoms with Crippen LogP contribution in [0.1, 0.15) is 17.2 Å². The van der Waals surface area contributed by atoms with E-state index < -0.39 is 6.04 Å². The summed E-state index contributed by atoms with van der Waals surface area (Å²) in [7, 11) is 0. The monoisotopic (exact) mass is 270 g/mol. The van der Waals surface area contributed by atoms with Crippen LogP contribution in [0.5, 0.6) is 0 Å². The molecule has 0 aliphatic carbocycles. The molecule has 1 unspecified atom stereocenters. The topological polar surface area (TPSA) is 46.3 Å². The molecule has 0 fully saturated rings. The van der Waals surface area contributed by atoms with E-state index >= 15 is 0 Å². The number of carbonyl (C=O) groups is 1. The van der Waals surface area contributed by atoms with Crippen molar-refractivity contribution in [3.8, 4) is 0 Å². The summed E-state index contributed by atoms with van der Waals surface area (Å²) in [4.78, 5) is 13.8. The SMILES string of the molecule is NC1C(=O)N(CCc2ccccc2)c2cc(F)ccc21. The van der Waals surface area contributed by atoms with Gasteiger partial charge in [-0.1, -0.05) is 36.4 Å². The van der Waals surface area contributed by atoms with Gasteiger partial charge in [0, 0.05) is 12.1 Å². The standard InChI is InChI=1S/C16H15FN2O/c17-12-6-7-13-14(10-12)19(16(20)15(13)18)9-8-11-4-2-1-3-5-11/h1-7,10,15H,8-9,18H2. The second kappa shape index (κ2) is 5.06. The van der Waals surface area contributed by atoms with Gasteiger partial charge in [0.05, 0.1) is 5.69 Å². The number of fused-ring (bicyclic) bond motifs is 1. The van der Waals surface area contributed by atoms with Crippen molar-refractivity contribution in [2.24, 2.45) is 5.73 Å². The maximum absolute atomic E-state index is 13.4. The fraction of sp³-hybridized carbons (Fsp3) is 0.188. The number of anilines is 1. The molecule has 3 rings (SSSR count). The number of amides is 1. The van der Waals surface area contributed by atoms with Crippen LogP contribution in [0.2, 0.25) is 0 Å². The van der Waals surface area contributed by atoms with Crippen molar-refractivity contribution in [3.63, 3.8) is 0 Å². The Kier molecular flexibility index (Phi) is 3.24. The van der Waals surface area contributed by atoms with Crippen LogP contribution in [0.3, 0.4) is 0 Å². The first kappa shape index (κ1) is 12.8. The molecule has 0 bridgehead atoms. The molecule has 0 aromatic heterocycles. The quantitative estimate of drug-likeness (QED) is 0.931. The zero-order chi connectivity index (χ0) is 14.1. The smallest absolute Gasteiger partial charge is 0.248 e. The molecule has 1 amide bonds. The molecule has 4 heteroatoms. The zero-order valence-corrected chi connectivity index (χ0v) is 10.9. The van der Waals surface area contributed by atoms with E-state index in [9.17, 15) is 9.18 Å². The van der Waals surface area contributed by atoms with E-state index in [1.165, 1.54) is 12.1 Å². The molecule has 1 heterocycles. The number of nitrogens with zero attached hydrogens (tertiary/aromatic N) is 1. The summed E-state index contributed by atoms with van der Waals surface area (Å²) in [5, 5.41) is 0. The lowest BCUT2D eigenvalue weighted by molar-refractivity contribution is -0.119. The van der Waals surface area contributed by atoms with Crippen LogP contribution in [-0.2, 0) is 11.2 Å². The van der Waals surface area contributed by atoms with Crippen molar-refractivity contribution >= 4 is 11.6 Å². The Bertz CT molecular complexity index is 642. The molecule has 20 heavy (non-hydrogen) atoms. The molecule has 0 spiro atoms. The van der Waals surface area contributed by atoms with Gasteiger partial charge in [-0.15, -0.1) is 0 Å². The number of hydrogen-bond acceptors (Lipinski definition) is 2. The van der Waals surface area contributed by atoms with Crippen LogP contribution >= 0.6 is 0 Å². The predicted molar refractivity (Wildman–Crippen MR) is 75.8 cm³/mol. The van der Waals surface area contributed by atoms with Crippen LogP contribution in [0, 0.1) is 5.82 Å². The number of rotatable bonds is 3. The van der Waals surface area contributed by atoms with Crippen LogP contribution in [0.25, 0.3) is 0 Å². The van der Waals surface area contributed by atoms with Gasteiger partial charge in [0.2, 0.25) is 5.91 Å². The molecule has 0 saturated carbocycles. The van der Waals surface area contributed by atoms with Gasteiger partial charge in [-0.05, 0) is 24.1 Å². The molecule has 3 nitrogen and oxygen atoms in total. The summed E-state index contributed by atoms with van der Waals surface area (Å²) < 4.78 is 13.4. The van der Waals surface area contributed by atoms with E-state index in [2.05, 4.69) is 0 Å². The minimum Gasteiger partial charge on any atom is -0.316 e. The minimum absolute atomic E-state index is 0.165. The summed E-state index contributed by atoms with van der Waals surface area (Å²) in [5.41, 5.74) is 8.32. The molecule has 102 valence electrons. The van der Waals surface area contributed by atoms with Gasteiger partial charge in [-0.25, -0.2) is 4.39 Å². The summed E-state index contributed by atoms with van der Waals surface area (Å²) in [6.45, 7) is 0.507. The molecule has 2 aromatic rings. The second-order valence-corrected chi connectivity index (χ2v) is 4.91. The molecular formula is C16H15FN2O. The average molecular weight is 270 g/mol. The maximum atomic E-state index is 13.4. The summed E-state index contributed by atoms with van der Waals surface area (Å²) in [6, 6.07) is 13.5. The molecule has 2 aromatic carbocycles. The average Bonchev–Trinajstić information content (AvgIpc) is 2.70. The van der Waals surface area contributed by atoms with Gasteiger partial charge in [-0.3, -0.25) is 4.79 Å². The Labute approximate surface area is 116 Å². The molecule has 0 saturated heterocycles. The second-order valence-electron chi connectivity index (χ2n) is 4.91. The highest BCUT2D eigenvalue weighted by atomic mass is 19.1. The summed E-state index contributed by atoms with van der Waals surface area (Å²) in [5.74, 6) is -0.517. The fourth-order valence-electron chi connectivity index (χ4n) is 2.55. The number of carbonyl (C=O) groups excluding carboxylic acids is 1. The Hall–Kier alpha value is -2.20. The van der Waals surface area contributed by atoms with Crippen LogP contribution < -0.4 is 10.6 Å². The fourth-order valence-corrected chi connectivity index (χ4v) is 2.55. The summed E-state index contributed by atoms with van der Waals surface area (Å²) >= 11 is 0. The number of benzene rings is 2. The van der Waals surface area contributed by atoms with Crippen molar-refractivity contribution in [1.29, 1.82) is 0 Å². The van der Waals surface area contributed by atoms with Gasteiger partial charge in [-0.2, -0.15) is 0 Å². The number of hydrogen-bond donors (Lipinski definition) is 1. The first-order valence-corrected chi connectivity index (χ1v) is 6.57. The van der Waals surface area contributed by atoms with Crippen LogP contribution in [0.4, 0.5) is 10.1 Å². The van der Waals surface area contributed by atoms with Gasteiger partial charge in [0.1, 0.15) is 11.9 Å². The van der Waals surface area contributed by atoms with E-state index in [-0.39, 0.29) is 11.7 Å². The highest BCUT2D eigenvalue weighted by molar-refractivity contribution is 6.04. The Morgan fingerprint density at radius 3 is 2.65 bits per heavy atom. The molecular weight excluding hydrogens is 255 g/mol. The van der Waals surface area contributed by atoms with E-state index in [1.807, 2.05) is 30.3 Å². The lowest BCUT2D eigenvalue weighted by Gasteiger charge is -2.17. The molecule has 1 atom stereocenters. The third-order valence-corrected chi connectivity index (χ3v) is 3.62. The third-order valence-electron chi connectivity index (χ3n) is 3.62. The van der Waals surface area contributed by atoms with Gasteiger partial charge >= 0.3 is 0 Å². The molecule has 0 radical (unpaired) electrons. The lowest BCUT2D eigenvalue weighted by Crippen LogP contribution is -2.33. The normalized spacial score (nSPS) is 17.4. The largest absolute Gasteiger partial charge is 0.316 e. The highest BCUT2D eigenvalue weighted by Gasteiger charge is 2.34. The van der Waals surface area contributed by atoms with E-state index in [0.717, 1.165) is 12.0 Å². The zero-order valence-electron chi connectivity index (χ0n) is 10.9. The van der Waals surface area contributed by atoms with Crippen molar-refractivity contribution in [2.45, 2.75) is 12.5 Å². The third kappa shape index (κ3) is 2.18.